The van der Waals surface area contributed by atoms with Gasteiger partial charge in [-0.1, -0.05) is 5.92 Å². The number of amides is 1. The first-order valence-corrected chi connectivity index (χ1v) is 6.21. The molecule has 0 atom stereocenters. The molecule has 108 valence electrons. The van der Waals surface area contributed by atoms with Crippen molar-refractivity contribution in [3.8, 4) is 18.1 Å². The lowest BCUT2D eigenvalue weighted by Crippen LogP contribution is -2.25. The van der Waals surface area contributed by atoms with E-state index in [1.54, 1.807) is 24.3 Å². The summed E-state index contributed by atoms with van der Waals surface area (Å²) in [7, 11) is 0. The van der Waals surface area contributed by atoms with Crippen LogP contribution in [0.2, 0.25) is 0 Å². The van der Waals surface area contributed by atoms with Gasteiger partial charge in [0.05, 0.1) is 0 Å². The fraction of sp³-hybridized carbons (Fsp3) is 0.214. The highest BCUT2D eigenvalue weighted by Crippen LogP contribution is 2.11. The van der Waals surface area contributed by atoms with Gasteiger partial charge in [-0.3, -0.25) is 4.79 Å². The summed E-state index contributed by atoms with van der Waals surface area (Å²) in [6, 6.07) is 6.69. The molecule has 1 amide bonds. The standard InChI is InChI=1S/C14H14N4O3/c1-2-9-20-11-5-3-10(4-6-11)13(19)16-8-7-12-17-14(15)18-21-12/h1,3-6H,7-9H2,(H2,15,18)(H,16,19). The first-order chi connectivity index (χ1) is 10.2. The molecule has 0 fully saturated rings. The van der Waals surface area contributed by atoms with Crippen LogP contribution in [0.25, 0.3) is 0 Å². The minimum Gasteiger partial charge on any atom is -0.481 e. The Morgan fingerprint density at radius 2 is 2.19 bits per heavy atom. The monoisotopic (exact) mass is 286 g/mol. The number of benzene rings is 1. The van der Waals surface area contributed by atoms with Gasteiger partial charge in [-0.05, 0) is 29.4 Å². The molecular weight excluding hydrogens is 272 g/mol. The van der Waals surface area contributed by atoms with E-state index < -0.39 is 0 Å². The Morgan fingerprint density at radius 3 is 2.81 bits per heavy atom. The average molecular weight is 286 g/mol. The lowest BCUT2D eigenvalue weighted by Gasteiger charge is -2.05. The smallest absolute Gasteiger partial charge is 0.260 e. The fourth-order valence-electron chi connectivity index (χ4n) is 1.58. The van der Waals surface area contributed by atoms with Crippen LogP contribution in [0.5, 0.6) is 5.75 Å². The molecule has 0 saturated heterocycles. The largest absolute Gasteiger partial charge is 0.481 e. The second-order valence-corrected chi connectivity index (χ2v) is 4.07. The maximum Gasteiger partial charge on any atom is 0.260 e. The van der Waals surface area contributed by atoms with Gasteiger partial charge in [0.2, 0.25) is 5.89 Å². The summed E-state index contributed by atoms with van der Waals surface area (Å²) in [6.07, 6.45) is 5.51. The molecule has 1 heterocycles. The number of aromatic nitrogens is 2. The highest BCUT2D eigenvalue weighted by atomic mass is 16.5. The molecule has 21 heavy (non-hydrogen) atoms. The van der Waals surface area contributed by atoms with Crippen LogP contribution in [0.15, 0.2) is 28.8 Å². The number of nitrogens with one attached hydrogen (secondary N) is 1. The van der Waals surface area contributed by atoms with Crippen LogP contribution in [-0.4, -0.2) is 29.2 Å². The van der Waals surface area contributed by atoms with E-state index in [9.17, 15) is 4.79 Å². The second kappa shape index (κ2) is 6.96. The molecule has 0 spiro atoms. The van der Waals surface area contributed by atoms with Crippen LogP contribution in [-0.2, 0) is 6.42 Å². The molecule has 0 aliphatic carbocycles. The van der Waals surface area contributed by atoms with Crippen LogP contribution >= 0.6 is 0 Å². The number of hydrogen-bond acceptors (Lipinski definition) is 6. The van der Waals surface area contributed by atoms with E-state index >= 15 is 0 Å². The number of anilines is 1. The SMILES string of the molecule is C#CCOc1ccc(C(=O)NCCc2nc(N)no2)cc1. The second-order valence-electron chi connectivity index (χ2n) is 4.07. The molecule has 0 aliphatic heterocycles. The fourth-order valence-corrected chi connectivity index (χ4v) is 1.58. The predicted molar refractivity (Wildman–Crippen MR) is 75.5 cm³/mol. The molecule has 0 aliphatic rings. The Balaban J connectivity index is 1.81. The molecule has 2 rings (SSSR count). The van der Waals surface area contributed by atoms with Gasteiger partial charge in [-0.2, -0.15) is 4.98 Å². The van der Waals surface area contributed by atoms with Crippen molar-refractivity contribution < 1.29 is 14.1 Å². The Bertz CT molecular complexity index is 643. The van der Waals surface area contributed by atoms with Crippen molar-refractivity contribution >= 4 is 11.9 Å². The van der Waals surface area contributed by atoms with Crippen LogP contribution in [0.4, 0.5) is 5.95 Å². The first-order valence-electron chi connectivity index (χ1n) is 6.21. The van der Waals surface area contributed by atoms with Gasteiger partial charge in [0.25, 0.3) is 11.9 Å². The third-order valence-corrected chi connectivity index (χ3v) is 2.55. The molecule has 7 nitrogen and oxygen atoms in total. The van der Waals surface area contributed by atoms with Crippen molar-refractivity contribution in [1.82, 2.24) is 15.5 Å². The number of ether oxygens (including phenoxy) is 1. The Labute approximate surface area is 121 Å². The Morgan fingerprint density at radius 1 is 1.43 bits per heavy atom. The maximum absolute atomic E-state index is 11.9. The number of carbonyl (C=O) groups is 1. The predicted octanol–water partition coefficient (Wildman–Crippen LogP) is 0.636. The van der Waals surface area contributed by atoms with Crippen molar-refractivity contribution in [3.05, 3.63) is 35.7 Å². The Kier molecular flexibility index (Phi) is 4.77. The van der Waals surface area contributed by atoms with Gasteiger partial charge in [-0.25, -0.2) is 0 Å². The normalized spacial score (nSPS) is 9.86. The third kappa shape index (κ3) is 4.24. The lowest BCUT2D eigenvalue weighted by atomic mass is 10.2. The highest BCUT2D eigenvalue weighted by molar-refractivity contribution is 5.94. The zero-order chi connectivity index (χ0) is 15.1. The zero-order valence-electron chi connectivity index (χ0n) is 11.2. The maximum atomic E-state index is 11.9. The molecule has 0 bridgehead atoms. The lowest BCUT2D eigenvalue weighted by molar-refractivity contribution is 0.0953. The van der Waals surface area contributed by atoms with Gasteiger partial charge in [0.1, 0.15) is 12.4 Å². The van der Waals surface area contributed by atoms with Crippen molar-refractivity contribution in [1.29, 1.82) is 0 Å². The molecule has 2 aromatic rings. The van der Waals surface area contributed by atoms with E-state index in [1.807, 2.05) is 0 Å². The van der Waals surface area contributed by atoms with Crippen molar-refractivity contribution in [3.63, 3.8) is 0 Å². The van der Waals surface area contributed by atoms with Crippen LogP contribution in [0.1, 0.15) is 16.2 Å². The van der Waals surface area contributed by atoms with Crippen LogP contribution in [0.3, 0.4) is 0 Å². The number of nitrogen functional groups attached to an aromatic ring is 1. The quantitative estimate of drug-likeness (QED) is 0.755. The van der Waals surface area contributed by atoms with E-state index in [1.165, 1.54) is 0 Å². The van der Waals surface area contributed by atoms with Crippen molar-refractivity contribution in [2.75, 3.05) is 18.9 Å². The molecule has 0 unspecified atom stereocenters. The van der Waals surface area contributed by atoms with Gasteiger partial charge in [0, 0.05) is 18.5 Å². The third-order valence-electron chi connectivity index (χ3n) is 2.55. The van der Waals surface area contributed by atoms with E-state index in [0.717, 1.165) is 0 Å². The van der Waals surface area contributed by atoms with Gasteiger partial charge >= 0.3 is 0 Å². The van der Waals surface area contributed by atoms with Crippen molar-refractivity contribution in [2.24, 2.45) is 0 Å². The molecule has 1 aromatic heterocycles. The minimum absolute atomic E-state index is 0.0823. The van der Waals surface area contributed by atoms with Crippen LogP contribution in [0, 0.1) is 12.3 Å². The number of terminal acetylenes is 1. The summed E-state index contributed by atoms with van der Waals surface area (Å²) in [6.45, 7) is 0.564. The summed E-state index contributed by atoms with van der Waals surface area (Å²) in [5.74, 6) is 3.24. The molecule has 1 aromatic carbocycles. The van der Waals surface area contributed by atoms with Crippen molar-refractivity contribution in [2.45, 2.75) is 6.42 Å². The number of carbonyl (C=O) groups excluding carboxylic acids is 1. The summed E-state index contributed by atoms with van der Waals surface area (Å²) in [5.41, 5.74) is 5.84. The van der Waals surface area contributed by atoms with Gasteiger partial charge < -0.3 is 20.3 Å². The summed E-state index contributed by atoms with van der Waals surface area (Å²) >= 11 is 0. The number of nitrogens with two attached hydrogens (primary N) is 1. The van der Waals surface area contributed by atoms with E-state index in [2.05, 4.69) is 21.4 Å². The number of rotatable bonds is 6. The molecular formula is C14H14N4O3. The van der Waals surface area contributed by atoms with Gasteiger partial charge in [0.15, 0.2) is 0 Å². The average Bonchev–Trinajstić information content (AvgIpc) is 2.91. The summed E-state index contributed by atoms with van der Waals surface area (Å²) in [5, 5.41) is 6.20. The number of nitrogens with zero attached hydrogens (tertiary/aromatic N) is 2. The molecule has 0 saturated carbocycles. The zero-order valence-corrected chi connectivity index (χ0v) is 11.2. The molecule has 0 radical (unpaired) electrons. The minimum atomic E-state index is -0.203. The number of hydrogen-bond donors (Lipinski definition) is 2. The molecule has 7 heteroatoms. The summed E-state index contributed by atoms with van der Waals surface area (Å²) in [4.78, 5) is 15.7. The summed E-state index contributed by atoms with van der Waals surface area (Å²) < 4.78 is 10.1. The van der Waals surface area contributed by atoms with Gasteiger partial charge in [-0.15, -0.1) is 6.42 Å². The topological polar surface area (TPSA) is 103 Å². The molecule has 3 N–H and O–H groups in total. The van der Waals surface area contributed by atoms with E-state index in [0.29, 0.717) is 30.2 Å². The van der Waals surface area contributed by atoms with E-state index in [4.69, 9.17) is 21.4 Å². The highest BCUT2D eigenvalue weighted by Gasteiger charge is 2.07. The van der Waals surface area contributed by atoms with Crippen LogP contribution < -0.4 is 15.8 Å². The Hall–Kier alpha value is -3.01. The first kappa shape index (κ1) is 14.4. The van der Waals surface area contributed by atoms with E-state index in [-0.39, 0.29) is 18.5 Å².